The summed E-state index contributed by atoms with van der Waals surface area (Å²) < 4.78 is 25.0. The first-order chi connectivity index (χ1) is 13.2. The SMILES string of the molecule is Cc1cc(C(=O)O)cc(S(=O)(=O)NNC(=O)c2ccc3ccccc3n2)c1Cl. The molecule has 0 aliphatic heterocycles. The fourth-order valence-corrected chi connectivity index (χ4v) is 3.91. The summed E-state index contributed by atoms with van der Waals surface area (Å²) in [6.45, 7) is 1.48. The normalized spacial score (nSPS) is 11.4. The Bertz CT molecular complexity index is 1210. The molecule has 10 heteroatoms. The van der Waals surface area contributed by atoms with Crippen LogP contribution < -0.4 is 10.3 Å². The van der Waals surface area contributed by atoms with E-state index in [1.807, 2.05) is 17.0 Å². The van der Waals surface area contributed by atoms with Crippen LogP contribution in [0.2, 0.25) is 5.02 Å². The van der Waals surface area contributed by atoms with Crippen molar-refractivity contribution in [2.24, 2.45) is 0 Å². The molecule has 0 fully saturated rings. The van der Waals surface area contributed by atoms with Crippen molar-refractivity contribution in [2.75, 3.05) is 0 Å². The number of aromatic nitrogens is 1. The van der Waals surface area contributed by atoms with E-state index in [1.54, 1.807) is 18.2 Å². The molecule has 8 nitrogen and oxygen atoms in total. The number of carboxylic acid groups (broad SMARTS) is 1. The fourth-order valence-electron chi connectivity index (χ4n) is 2.48. The van der Waals surface area contributed by atoms with Crippen LogP contribution in [-0.2, 0) is 10.0 Å². The molecule has 0 aliphatic carbocycles. The third kappa shape index (κ3) is 3.96. The molecular formula is C18H14ClN3O5S. The van der Waals surface area contributed by atoms with Gasteiger partial charge in [-0.15, -0.1) is 4.83 Å². The Balaban J connectivity index is 1.84. The summed E-state index contributed by atoms with van der Waals surface area (Å²) in [6, 6.07) is 12.4. The summed E-state index contributed by atoms with van der Waals surface area (Å²) in [7, 11) is -4.32. The van der Waals surface area contributed by atoms with Gasteiger partial charge >= 0.3 is 5.97 Å². The van der Waals surface area contributed by atoms with E-state index in [2.05, 4.69) is 10.4 Å². The van der Waals surface area contributed by atoms with Gasteiger partial charge in [0.2, 0.25) is 0 Å². The van der Waals surface area contributed by atoms with Crippen molar-refractivity contribution in [1.82, 2.24) is 15.2 Å². The number of amides is 1. The van der Waals surface area contributed by atoms with E-state index >= 15 is 0 Å². The smallest absolute Gasteiger partial charge is 0.335 e. The zero-order chi connectivity index (χ0) is 20.5. The average Bonchev–Trinajstić information content (AvgIpc) is 2.67. The number of aryl methyl sites for hydroxylation is 1. The number of nitrogens with one attached hydrogen (secondary N) is 2. The van der Waals surface area contributed by atoms with Gasteiger partial charge in [0.15, 0.2) is 0 Å². The number of carbonyl (C=O) groups is 2. The Morgan fingerprint density at radius 2 is 1.82 bits per heavy atom. The zero-order valence-electron chi connectivity index (χ0n) is 14.4. The van der Waals surface area contributed by atoms with E-state index < -0.39 is 26.8 Å². The molecular weight excluding hydrogens is 406 g/mol. The molecule has 28 heavy (non-hydrogen) atoms. The molecule has 0 unspecified atom stereocenters. The van der Waals surface area contributed by atoms with Crippen molar-refractivity contribution in [2.45, 2.75) is 11.8 Å². The zero-order valence-corrected chi connectivity index (χ0v) is 16.0. The lowest BCUT2D eigenvalue weighted by atomic mass is 10.1. The number of hydrazine groups is 1. The number of aromatic carboxylic acids is 1. The third-order valence-electron chi connectivity index (χ3n) is 3.89. The molecule has 0 bridgehead atoms. The topological polar surface area (TPSA) is 125 Å². The number of pyridine rings is 1. The van der Waals surface area contributed by atoms with Gasteiger partial charge in [-0.3, -0.25) is 10.2 Å². The molecule has 0 atom stereocenters. The molecule has 0 radical (unpaired) electrons. The Kier molecular flexibility index (Phi) is 5.32. The van der Waals surface area contributed by atoms with E-state index in [4.69, 9.17) is 16.7 Å². The molecule has 1 amide bonds. The number of para-hydroxylation sites is 1. The number of rotatable bonds is 5. The Hall–Kier alpha value is -3.01. The van der Waals surface area contributed by atoms with Gasteiger partial charge in [0.05, 0.1) is 16.1 Å². The molecule has 3 aromatic rings. The average molecular weight is 420 g/mol. The molecule has 0 saturated heterocycles. The van der Waals surface area contributed by atoms with Crippen molar-refractivity contribution in [3.63, 3.8) is 0 Å². The highest BCUT2D eigenvalue weighted by molar-refractivity contribution is 7.89. The minimum Gasteiger partial charge on any atom is -0.478 e. The third-order valence-corrected chi connectivity index (χ3v) is 5.77. The first-order valence-corrected chi connectivity index (χ1v) is 9.76. The van der Waals surface area contributed by atoms with Crippen LogP contribution in [0.4, 0.5) is 0 Å². The lowest BCUT2D eigenvalue weighted by Crippen LogP contribution is -2.42. The Morgan fingerprint density at radius 1 is 1.11 bits per heavy atom. The summed E-state index contributed by atoms with van der Waals surface area (Å²) in [6.07, 6.45) is 0. The van der Waals surface area contributed by atoms with Gasteiger partial charge in [0.1, 0.15) is 10.6 Å². The highest BCUT2D eigenvalue weighted by Gasteiger charge is 2.23. The van der Waals surface area contributed by atoms with Crippen LogP contribution in [-0.4, -0.2) is 30.4 Å². The molecule has 3 N–H and O–H groups in total. The summed E-state index contributed by atoms with van der Waals surface area (Å²) in [5, 5.41) is 9.79. The number of carboxylic acids is 1. The van der Waals surface area contributed by atoms with Gasteiger partial charge in [-0.25, -0.2) is 18.2 Å². The van der Waals surface area contributed by atoms with Crippen LogP contribution in [0.1, 0.15) is 26.4 Å². The largest absolute Gasteiger partial charge is 0.478 e. The monoisotopic (exact) mass is 419 g/mol. The van der Waals surface area contributed by atoms with Gasteiger partial charge in [-0.05, 0) is 36.8 Å². The van der Waals surface area contributed by atoms with Crippen LogP contribution in [0.5, 0.6) is 0 Å². The lowest BCUT2D eigenvalue weighted by molar-refractivity contribution is 0.0696. The van der Waals surface area contributed by atoms with E-state index in [-0.39, 0.29) is 21.8 Å². The van der Waals surface area contributed by atoms with Crippen LogP contribution in [0.15, 0.2) is 53.4 Å². The van der Waals surface area contributed by atoms with Crippen molar-refractivity contribution < 1.29 is 23.1 Å². The van der Waals surface area contributed by atoms with Gasteiger partial charge in [-0.1, -0.05) is 35.9 Å². The van der Waals surface area contributed by atoms with Gasteiger partial charge in [0.25, 0.3) is 15.9 Å². The van der Waals surface area contributed by atoms with E-state index in [0.717, 1.165) is 11.5 Å². The predicted octanol–water partition coefficient (Wildman–Crippen LogP) is 2.52. The maximum absolute atomic E-state index is 12.5. The molecule has 3 rings (SSSR count). The number of benzene rings is 2. The van der Waals surface area contributed by atoms with Crippen LogP contribution in [0.25, 0.3) is 10.9 Å². The summed E-state index contributed by atoms with van der Waals surface area (Å²) in [5.74, 6) is -2.09. The van der Waals surface area contributed by atoms with Crippen molar-refractivity contribution in [3.8, 4) is 0 Å². The van der Waals surface area contributed by atoms with Crippen molar-refractivity contribution >= 4 is 44.4 Å². The van der Waals surface area contributed by atoms with Crippen molar-refractivity contribution in [1.29, 1.82) is 0 Å². The van der Waals surface area contributed by atoms with Crippen molar-refractivity contribution in [3.05, 3.63) is 70.4 Å². The second-order valence-corrected chi connectivity index (χ2v) is 7.89. The second kappa shape index (κ2) is 7.55. The summed E-state index contributed by atoms with van der Waals surface area (Å²) in [5.41, 5.74) is 2.65. The maximum atomic E-state index is 12.5. The van der Waals surface area contributed by atoms with Crippen LogP contribution in [0.3, 0.4) is 0 Å². The molecule has 144 valence electrons. The van der Waals surface area contributed by atoms with E-state index in [0.29, 0.717) is 5.52 Å². The molecule has 1 aromatic heterocycles. The quantitative estimate of drug-likeness (QED) is 0.545. The molecule has 0 spiro atoms. The van der Waals surface area contributed by atoms with Crippen LogP contribution in [0, 0.1) is 6.92 Å². The van der Waals surface area contributed by atoms with E-state index in [9.17, 15) is 18.0 Å². The highest BCUT2D eigenvalue weighted by atomic mass is 35.5. The maximum Gasteiger partial charge on any atom is 0.335 e. The molecule has 0 saturated carbocycles. The number of halogens is 1. The number of hydrogen-bond acceptors (Lipinski definition) is 5. The fraction of sp³-hybridized carbons (Fsp3) is 0.0556. The summed E-state index contributed by atoms with van der Waals surface area (Å²) >= 11 is 6.01. The second-order valence-electron chi connectivity index (χ2n) is 5.86. The minimum absolute atomic E-state index is 0.00274. The van der Waals surface area contributed by atoms with E-state index in [1.165, 1.54) is 19.1 Å². The van der Waals surface area contributed by atoms with Crippen LogP contribution >= 0.6 is 11.6 Å². The first kappa shape index (κ1) is 19.7. The number of sulfonamides is 1. The Labute approximate surface area is 165 Å². The lowest BCUT2D eigenvalue weighted by Gasteiger charge is -2.12. The summed E-state index contributed by atoms with van der Waals surface area (Å²) in [4.78, 5) is 29.0. The first-order valence-electron chi connectivity index (χ1n) is 7.90. The van der Waals surface area contributed by atoms with Gasteiger partial charge in [-0.2, -0.15) is 0 Å². The predicted molar refractivity (Wildman–Crippen MR) is 103 cm³/mol. The number of carbonyl (C=O) groups excluding carboxylic acids is 1. The molecule has 1 heterocycles. The molecule has 2 aromatic carbocycles. The standard InChI is InChI=1S/C18H14ClN3O5S/c1-10-8-12(18(24)25)9-15(16(10)19)28(26,27)22-21-17(23)14-7-6-11-4-2-3-5-13(11)20-14/h2-9,22H,1H3,(H,21,23)(H,24,25). The highest BCUT2D eigenvalue weighted by Crippen LogP contribution is 2.26. The number of hydrogen-bond donors (Lipinski definition) is 3. The molecule has 0 aliphatic rings. The Morgan fingerprint density at radius 3 is 2.54 bits per heavy atom. The number of nitrogens with zero attached hydrogens (tertiary/aromatic N) is 1. The van der Waals surface area contributed by atoms with Gasteiger partial charge < -0.3 is 5.11 Å². The minimum atomic E-state index is -4.32. The number of fused-ring (bicyclic) bond motifs is 1. The van der Waals surface area contributed by atoms with Gasteiger partial charge in [0, 0.05) is 5.39 Å².